The molecule has 0 heterocycles. The van der Waals surface area contributed by atoms with Crippen LogP contribution in [0, 0.1) is 0 Å². The Kier molecular flexibility index (Phi) is 5.50. The predicted octanol–water partition coefficient (Wildman–Crippen LogP) is 3.07. The highest BCUT2D eigenvalue weighted by Gasteiger charge is 2.31. The third kappa shape index (κ3) is 4.48. The number of halogens is 3. The molecule has 0 radical (unpaired) electrons. The summed E-state index contributed by atoms with van der Waals surface area (Å²) in [7, 11) is 0. The Labute approximate surface area is 119 Å². The molecule has 1 unspecified atom stereocenters. The molecule has 0 aliphatic rings. The predicted molar refractivity (Wildman–Crippen MR) is 74.4 cm³/mol. The van der Waals surface area contributed by atoms with Crippen molar-refractivity contribution in [3.63, 3.8) is 0 Å². The first-order valence-electron chi connectivity index (χ1n) is 5.77. The molecule has 1 rings (SSSR count). The van der Waals surface area contributed by atoms with Crippen LogP contribution in [0.5, 0.6) is 0 Å². The lowest BCUT2D eigenvalue weighted by Crippen LogP contribution is -2.30. The van der Waals surface area contributed by atoms with Crippen LogP contribution in [0.4, 0.5) is 18.9 Å². The number of hydrogen-bond acceptors (Lipinski definition) is 3. The van der Waals surface area contributed by atoms with Crippen molar-refractivity contribution in [1.82, 2.24) is 5.32 Å². The van der Waals surface area contributed by atoms with Crippen molar-refractivity contribution in [2.75, 3.05) is 12.3 Å². The summed E-state index contributed by atoms with van der Waals surface area (Å²) in [5, 5.41) is 2.14. The molecule has 110 valence electrons. The van der Waals surface area contributed by atoms with Crippen molar-refractivity contribution in [1.29, 1.82) is 0 Å². The van der Waals surface area contributed by atoms with Crippen LogP contribution in [0.25, 0.3) is 0 Å². The number of alkyl halides is 3. The molecule has 0 aliphatic carbocycles. The Hall–Kier alpha value is -1.63. The zero-order valence-electron chi connectivity index (χ0n) is 10.8. The first-order valence-corrected chi connectivity index (χ1v) is 6.65. The van der Waals surface area contributed by atoms with Gasteiger partial charge in [-0.25, -0.2) is 0 Å². The maximum Gasteiger partial charge on any atom is 0.416 e. The Morgan fingerprint density at radius 3 is 2.70 bits per heavy atom. The lowest BCUT2D eigenvalue weighted by atomic mass is 10.2. The van der Waals surface area contributed by atoms with E-state index in [4.69, 9.17) is 5.73 Å². The van der Waals surface area contributed by atoms with Crippen molar-refractivity contribution >= 4 is 23.4 Å². The van der Waals surface area contributed by atoms with Crippen LogP contribution < -0.4 is 11.1 Å². The lowest BCUT2D eigenvalue weighted by Gasteiger charge is -2.14. The largest absolute Gasteiger partial charge is 0.416 e. The van der Waals surface area contributed by atoms with E-state index in [-0.39, 0.29) is 11.6 Å². The molecule has 7 heteroatoms. The zero-order chi connectivity index (χ0) is 15.3. The van der Waals surface area contributed by atoms with Gasteiger partial charge >= 0.3 is 6.18 Å². The minimum atomic E-state index is -4.43. The van der Waals surface area contributed by atoms with E-state index in [0.29, 0.717) is 11.4 Å². The Morgan fingerprint density at radius 2 is 2.20 bits per heavy atom. The fourth-order valence-electron chi connectivity index (χ4n) is 1.39. The van der Waals surface area contributed by atoms with Gasteiger partial charge in [-0.2, -0.15) is 13.2 Å². The summed E-state index contributed by atoms with van der Waals surface area (Å²) in [5.41, 5.74) is 4.80. The first kappa shape index (κ1) is 16.4. The molecule has 0 spiro atoms. The van der Waals surface area contributed by atoms with Crippen molar-refractivity contribution in [3.05, 3.63) is 36.4 Å². The molecule has 1 aromatic carbocycles. The van der Waals surface area contributed by atoms with E-state index in [1.165, 1.54) is 6.07 Å². The third-order valence-electron chi connectivity index (χ3n) is 2.43. The molecule has 20 heavy (non-hydrogen) atoms. The fourth-order valence-corrected chi connectivity index (χ4v) is 2.31. The van der Waals surface area contributed by atoms with Crippen LogP contribution in [0.15, 0.2) is 35.7 Å². The van der Waals surface area contributed by atoms with Gasteiger partial charge in [0.05, 0.1) is 10.8 Å². The summed E-state index contributed by atoms with van der Waals surface area (Å²) < 4.78 is 37.5. The maximum atomic E-state index is 12.5. The SMILES string of the molecule is C=CCNC(=O)C(C)Sc1ccc(C(F)(F)F)cc1N. The summed E-state index contributed by atoms with van der Waals surface area (Å²) in [5.74, 6) is -0.228. The van der Waals surface area contributed by atoms with Gasteiger partial charge in [0.25, 0.3) is 0 Å². The van der Waals surface area contributed by atoms with E-state index >= 15 is 0 Å². The first-order chi connectivity index (χ1) is 9.25. The summed E-state index contributed by atoms with van der Waals surface area (Å²) in [4.78, 5) is 12.1. The second kappa shape index (κ2) is 6.69. The average Bonchev–Trinajstić information content (AvgIpc) is 2.36. The van der Waals surface area contributed by atoms with Crippen LogP contribution >= 0.6 is 11.8 Å². The van der Waals surface area contributed by atoms with E-state index in [2.05, 4.69) is 11.9 Å². The van der Waals surface area contributed by atoms with Gasteiger partial charge in [0.2, 0.25) is 5.91 Å². The molecular formula is C13H15F3N2OS. The number of hydrogen-bond donors (Lipinski definition) is 2. The minimum absolute atomic E-state index is 0.00759. The van der Waals surface area contributed by atoms with E-state index in [0.717, 1.165) is 23.9 Å². The van der Waals surface area contributed by atoms with Gasteiger partial charge in [-0.15, -0.1) is 18.3 Å². The van der Waals surface area contributed by atoms with Gasteiger partial charge in [-0.1, -0.05) is 6.08 Å². The number of thioether (sulfide) groups is 1. The van der Waals surface area contributed by atoms with Crippen molar-refractivity contribution < 1.29 is 18.0 Å². The number of carbonyl (C=O) groups excluding carboxylic acids is 1. The average molecular weight is 304 g/mol. The molecule has 0 saturated heterocycles. The second-order valence-electron chi connectivity index (χ2n) is 4.04. The van der Waals surface area contributed by atoms with Gasteiger partial charge in [0.1, 0.15) is 0 Å². The quantitative estimate of drug-likeness (QED) is 0.499. The maximum absolute atomic E-state index is 12.5. The van der Waals surface area contributed by atoms with Crippen molar-refractivity contribution in [3.8, 4) is 0 Å². The van der Waals surface area contributed by atoms with Gasteiger partial charge in [0.15, 0.2) is 0 Å². The summed E-state index contributed by atoms with van der Waals surface area (Å²) >= 11 is 1.11. The molecule has 1 atom stereocenters. The third-order valence-corrected chi connectivity index (χ3v) is 3.62. The highest BCUT2D eigenvalue weighted by Crippen LogP contribution is 2.35. The number of nitrogens with one attached hydrogen (secondary N) is 1. The van der Waals surface area contributed by atoms with Gasteiger partial charge < -0.3 is 11.1 Å². The molecule has 3 N–H and O–H groups in total. The lowest BCUT2D eigenvalue weighted by molar-refractivity contribution is -0.137. The molecule has 0 aromatic heterocycles. The van der Waals surface area contributed by atoms with E-state index in [1.54, 1.807) is 13.0 Å². The Balaban J connectivity index is 2.78. The number of nitrogen functional groups attached to an aromatic ring is 1. The summed E-state index contributed by atoms with van der Waals surface area (Å²) in [6.45, 7) is 5.47. The normalized spacial score (nSPS) is 12.8. The monoisotopic (exact) mass is 304 g/mol. The van der Waals surface area contributed by atoms with Crippen molar-refractivity contribution in [2.45, 2.75) is 23.2 Å². The molecule has 0 saturated carbocycles. The van der Waals surface area contributed by atoms with Gasteiger partial charge in [0, 0.05) is 17.1 Å². The number of rotatable bonds is 5. The molecule has 0 fully saturated rings. The van der Waals surface area contributed by atoms with Crippen LogP contribution in [-0.2, 0) is 11.0 Å². The summed E-state index contributed by atoms with van der Waals surface area (Å²) in [6, 6.07) is 3.10. The van der Waals surface area contributed by atoms with E-state index < -0.39 is 17.0 Å². The number of amides is 1. The van der Waals surface area contributed by atoms with Crippen molar-refractivity contribution in [2.24, 2.45) is 0 Å². The standard InChI is InChI=1S/C13H15F3N2OS/c1-3-6-18-12(19)8(2)20-11-5-4-9(7-10(11)17)13(14,15)16/h3-5,7-8H,1,6,17H2,2H3,(H,18,19). The number of anilines is 1. The minimum Gasteiger partial charge on any atom is -0.398 e. The number of benzene rings is 1. The van der Waals surface area contributed by atoms with Gasteiger partial charge in [-0.05, 0) is 25.1 Å². The molecule has 1 amide bonds. The molecule has 0 aliphatic heterocycles. The summed E-state index contributed by atoms with van der Waals surface area (Å²) in [6.07, 6.45) is -2.88. The Bertz CT molecular complexity index is 503. The van der Waals surface area contributed by atoms with Crippen LogP contribution in [0.2, 0.25) is 0 Å². The number of carbonyl (C=O) groups is 1. The highest BCUT2D eigenvalue weighted by atomic mass is 32.2. The highest BCUT2D eigenvalue weighted by molar-refractivity contribution is 8.00. The van der Waals surface area contributed by atoms with Gasteiger partial charge in [-0.3, -0.25) is 4.79 Å². The molecule has 0 bridgehead atoms. The van der Waals surface area contributed by atoms with E-state index in [9.17, 15) is 18.0 Å². The zero-order valence-corrected chi connectivity index (χ0v) is 11.6. The smallest absolute Gasteiger partial charge is 0.398 e. The Morgan fingerprint density at radius 1 is 1.55 bits per heavy atom. The molecular weight excluding hydrogens is 289 g/mol. The van der Waals surface area contributed by atoms with E-state index in [1.807, 2.05) is 0 Å². The fraction of sp³-hybridized carbons (Fsp3) is 0.308. The second-order valence-corrected chi connectivity index (χ2v) is 5.43. The molecule has 1 aromatic rings. The number of nitrogens with two attached hydrogens (primary N) is 1. The van der Waals surface area contributed by atoms with Crippen LogP contribution in [0.1, 0.15) is 12.5 Å². The van der Waals surface area contributed by atoms with Crippen LogP contribution in [0.3, 0.4) is 0 Å². The van der Waals surface area contributed by atoms with Crippen LogP contribution in [-0.4, -0.2) is 17.7 Å². The topological polar surface area (TPSA) is 55.1 Å². The molecule has 3 nitrogen and oxygen atoms in total.